The number of aromatic nitrogens is 2. The highest BCUT2D eigenvalue weighted by Crippen LogP contribution is 2.31. The Hall–Kier alpha value is -3.43. The van der Waals surface area contributed by atoms with Gasteiger partial charge in [0.1, 0.15) is 17.2 Å². The normalized spacial score (nSPS) is 12.4. The number of allylic oxidation sites excluding steroid dienone is 1. The standard InChI is InChI=1S/C23H23ClN4O4S/c1-13(2)17-10-5-6-11-18(17)26-21(19(24)20(25)14(3)29)23-28-27-22(32-23)15-8-7-9-16(12-15)33(4,30)31/h5-13,25-26,29H,3H2,1-2,4H3/b21-19+,25-20?. The molecule has 0 aliphatic carbocycles. The Morgan fingerprint density at radius 2 is 1.88 bits per heavy atom. The van der Waals surface area contributed by atoms with Crippen LogP contribution in [0.2, 0.25) is 0 Å². The summed E-state index contributed by atoms with van der Waals surface area (Å²) < 4.78 is 29.6. The number of anilines is 1. The molecule has 0 fully saturated rings. The number of hydrogen-bond donors (Lipinski definition) is 3. The first-order valence-corrected chi connectivity index (χ1v) is 12.1. The molecule has 0 saturated carbocycles. The second kappa shape index (κ2) is 9.60. The molecule has 0 saturated heterocycles. The summed E-state index contributed by atoms with van der Waals surface area (Å²) >= 11 is 6.41. The highest BCUT2D eigenvalue weighted by atomic mass is 35.5. The third-order valence-electron chi connectivity index (χ3n) is 4.72. The SMILES string of the molecule is C=C(O)C(=N)/C(Cl)=C(\Nc1ccccc1C(C)C)c1nnc(-c2cccc(S(C)(=O)=O)c2)o1. The molecular formula is C23H23ClN4O4S. The Morgan fingerprint density at radius 3 is 2.52 bits per heavy atom. The van der Waals surface area contributed by atoms with E-state index in [2.05, 4.69) is 22.1 Å². The molecule has 1 aromatic heterocycles. The van der Waals surface area contributed by atoms with Crippen molar-refractivity contribution in [1.82, 2.24) is 10.2 Å². The van der Waals surface area contributed by atoms with Crippen molar-refractivity contribution in [2.75, 3.05) is 11.6 Å². The smallest absolute Gasteiger partial charge is 0.266 e. The summed E-state index contributed by atoms with van der Waals surface area (Å²) in [6.07, 6.45) is 1.11. The molecule has 0 bridgehead atoms. The fraction of sp³-hybridized carbons (Fsp3) is 0.174. The van der Waals surface area contributed by atoms with Gasteiger partial charge in [-0.3, -0.25) is 5.41 Å². The van der Waals surface area contributed by atoms with Gasteiger partial charge in [0.25, 0.3) is 5.89 Å². The minimum atomic E-state index is -3.43. The van der Waals surface area contributed by atoms with Crippen LogP contribution in [0.5, 0.6) is 0 Å². The third-order valence-corrected chi connectivity index (χ3v) is 6.21. The van der Waals surface area contributed by atoms with Crippen LogP contribution in [0.1, 0.15) is 31.2 Å². The van der Waals surface area contributed by atoms with Crippen molar-refractivity contribution in [1.29, 1.82) is 5.41 Å². The van der Waals surface area contributed by atoms with Crippen LogP contribution in [0.3, 0.4) is 0 Å². The summed E-state index contributed by atoms with van der Waals surface area (Å²) in [6, 6.07) is 13.6. The molecule has 0 spiro atoms. The zero-order valence-electron chi connectivity index (χ0n) is 18.3. The van der Waals surface area contributed by atoms with Crippen molar-refractivity contribution in [3.63, 3.8) is 0 Å². The van der Waals surface area contributed by atoms with E-state index < -0.39 is 21.3 Å². The van der Waals surface area contributed by atoms with Gasteiger partial charge >= 0.3 is 0 Å². The van der Waals surface area contributed by atoms with E-state index in [-0.39, 0.29) is 33.3 Å². The number of benzene rings is 2. The minimum Gasteiger partial charge on any atom is -0.506 e. The van der Waals surface area contributed by atoms with E-state index in [1.807, 2.05) is 38.1 Å². The number of halogens is 1. The molecule has 8 nitrogen and oxygen atoms in total. The number of nitrogens with one attached hydrogen (secondary N) is 2. The summed E-state index contributed by atoms with van der Waals surface area (Å²) in [5.74, 6) is -0.343. The van der Waals surface area contributed by atoms with Crippen molar-refractivity contribution in [3.8, 4) is 11.5 Å². The predicted octanol–water partition coefficient (Wildman–Crippen LogP) is 5.37. The number of hydrogen-bond acceptors (Lipinski definition) is 8. The lowest BCUT2D eigenvalue weighted by atomic mass is 10.0. The first-order chi connectivity index (χ1) is 15.5. The molecule has 0 amide bonds. The van der Waals surface area contributed by atoms with Gasteiger partial charge in [0.05, 0.1) is 9.93 Å². The molecular weight excluding hydrogens is 464 g/mol. The van der Waals surface area contributed by atoms with E-state index >= 15 is 0 Å². The van der Waals surface area contributed by atoms with Crippen LogP contribution in [-0.4, -0.2) is 35.7 Å². The molecule has 10 heteroatoms. The summed E-state index contributed by atoms with van der Waals surface area (Å²) in [5.41, 5.74) is 1.77. The zero-order chi connectivity index (χ0) is 24.3. The predicted molar refractivity (Wildman–Crippen MR) is 129 cm³/mol. The largest absolute Gasteiger partial charge is 0.506 e. The van der Waals surface area contributed by atoms with Gasteiger partial charge < -0.3 is 14.8 Å². The highest BCUT2D eigenvalue weighted by molar-refractivity contribution is 7.90. The number of aliphatic hydroxyl groups excluding tert-OH is 1. The Balaban J connectivity index is 2.11. The average molecular weight is 487 g/mol. The first-order valence-electron chi connectivity index (χ1n) is 9.86. The fourth-order valence-electron chi connectivity index (χ4n) is 3.00. The minimum absolute atomic E-state index is 0.0516. The summed E-state index contributed by atoms with van der Waals surface area (Å²) in [5, 5.41) is 28.8. The van der Waals surface area contributed by atoms with Gasteiger partial charge in [0, 0.05) is 17.5 Å². The van der Waals surface area contributed by atoms with Gasteiger partial charge in [-0.2, -0.15) is 0 Å². The second-order valence-electron chi connectivity index (χ2n) is 7.59. The third kappa shape index (κ3) is 5.50. The molecule has 0 unspecified atom stereocenters. The lowest BCUT2D eigenvalue weighted by Gasteiger charge is -2.16. The lowest BCUT2D eigenvalue weighted by Crippen LogP contribution is -2.10. The quantitative estimate of drug-likeness (QED) is 0.288. The average Bonchev–Trinajstić information content (AvgIpc) is 3.26. The van der Waals surface area contributed by atoms with Gasteiger partial charge in [0.2, 0.25) is 5.89 Å². The number of nitrogens with zero attached hydrogens (tertiary/aromatic N) is 2. The van der Waals surface area contributed by atoms with Crippen molar-refractivity contribution in [2.45, 2.75) is 24.7 Å². The van der Waals surface area contributed by atoms with E-state index in [1.165, 1.54) is 12.1 Å². The van der Waals surface area contributed by atoms with E-state index in [4.69, 9.17) is 21.4 Å². The number of sulfone groups is 1. The van der Waals surface area contributed by atoms with Gasteiger partial charge in [-0.25, -0.2) is 8.42 Å². The van der Waals surface area contributed by atoms with E-state index in [0.717, 1.165) is 11.8 Å². The first kappa shape index (κ1) is 24.2. The monoisotopic (exact) mass is 486 g/mol. The van der Waals surface area contributed by atoms with Gasteiger partial charge in [-0.15, -0.1) is 10.2 Å². The van der Waals surface area contributed by atoms with Gasteiger partial charge in [-0.05, 0) is 35.7 Å². The van der Waals surface area contributed by atoms with E-state index in [9.17, 15) is 13.5 Å². The molecule has 0 aliphatic heterocycles. The molecule has 0 aliphatic rings. The highest BCUT2D eigenvalue weighted by Gasteiger charge is 2.22. The van der Waals surface area contributed by atoms with Crippen LogP contribution in [-0.2, 0) is 9.84 Å². The Morgan fingerprint density at radius 1 is 1.18 bits per heavy atom. The number of rotatable bonds is 8. The molecule has 3 N–H and O–H groups in total. The molecule has 172 valence electrons. The maximum atomic E-state index is 11.9. The number of aliphatic hydroxyl groups is 1. The maximum absolute atomic E-state index is 11.9. The van der Waals surface area contributed by atoms with Crippen LogP contribution in [0, 0.1) is 5.41 Å². The Bertz CT molecular complexity index is 1360. The van der Waals surface area contributed by atoms with Crippen molar-refractivity contribution >= 4 is 38.5 Å². The molecule has 0 radical (unpaired) electrons. The van der Waals surface area contributed by atoms with Crippen LogP contribution in [0.25, 0.3) is 17.2 Å². The summed E-state index contributed by atoms with van der Waals surface area (Å²) in [6.45, 7) is 7.41. The van der Waals surface area contributed by atoms with Crippen LogP contribution in [0.15, 0.2) is 75.2 Å². The molecule has 3 rings (SSSR count). The summed E-state index contributed by atoms with van der Waals surface area (Å²) in [7, 11) is -3.43. The van der Waals surface area contributed by atoms with Crippen molar-refractivity contribution in [2.24, 2.45) is 0 Å². The van der Waals surface area contributed by atoms with Crippen molar-refractivity contribution < 1.29 is 17.9 Å². The molecule has 33 heavy (non-hydrogen) atoms. The Kier molecular flexibility index (Phi) is 7.04. The van der Waals surface area contributed by atoms with E-state index in [0.29, 0.717) is 11.3 Å². The van der Waals surface area contributed by atoms with E-state index in [1.54, 1.807) is 12.1 Å². The van der Waals surface area contributed by atoms with Gasteiger partial charge in [-0.1, -0.05) is 56.3 Å². The molecule has 1 heterocycles. The molecule has 3 aromatic rings. The lowest BCUT2D eigenvalue weighted by molar-refractivity contribution is 0.446. The van der Waals surface area contributed by atoms with Crippen LogP contribution in [0.4, 0.5) is 5.69 Å². The van der Waals surface area contributed by atoms with Gasteiger partial charge in [0.15, 0.2) is 9.84 Å². The van der Waals surface area contributed by atoms with Crippen molar-refractivity contribution in [3.05, 3.63) is 77.4 Å². The molecule has 2 aromatic carbocycles. The fourth-order valence-corrected chi connectivity index (χ4v) is 3.91. The van der Waals surface area contributed by atoms with Crippen LogP contribution < -0.4 is 5.32 Å². The topological polar surface area (TPSA) is 129 Å². The summed E-state index contributed by atoms with van der Waals surface area (Å²) in [4.78, 5) is 0.107. The maximum Gasteiger partial charge on any atom is 0.266 e. The number of para-hydroxylation sites is 1. The van der Waals surface area contributed by atoms with Crippen LogP contribution >= 0.6 is 11.6 Å². The molecule has 0 atom stereocenters. The Labute approximate surface area is 197 Å². The second-order valence-corrected chi connectivity index (χ2v) is 9.98. The zero-order valence-corrected chi connectivity index (χ0v) is 19.8.